The number of nitrogens with zero attached hydrogens (tertiary/aromatic N) is 1. The minimum atomic E-state index is -0.939. The second-order valence-corrected chi connectivity index (χ2v) is 9.43. The molecule has 178 valence electrons. The highest BCUT2D eigenvalue weighted by molar-refractivity contribution is 7.10. The molecule has 2 amide bonds. The molecule has 1 saturated carbocycles. The molecule has 1 N–H and O–H groups in total. The second-order valence-electron chi connectivity index (χ2n) is 8.39. The third kappa shape index (κ3) is 5.83. The van der Waals surface area contributed by atoms with E-state index in [0.29, 0.717) is 23.6 Å². The van der Waals surface area contributed by atoms with Gasteiger partial charge in [-0.3, -0.25) is 14.5 Å². The Labute approximate surface area is 203 Å². The van der Waals surface area contributed by atoms with Crippen molar-refractivity contribution in [1.29, 1.82) is 0 Å². The largest absolute Gasteiger partial charge is 0.494 e. The standard InChI is InChI=1S/C27H29FN2O3S/c1-2-33-23-14-12-19(13-15-23)26(27(32)29-21-8-3-4-9-21)30(22-10-5-7-20(28)17-22)25(31)18-24-11-6-16-34-24/h5-7,10-17,21,26H,2-4,8-9,18H2,1H3,(H,29,32). The zero-order valence-electron chi connectivity index (χ0n) is 19.2. The van der Waals surface area contributed by atoms with Crippen molar-refractivity contribution < 1.29 is 18.7 Å². The molecule has 0 saturated heterocycles. The minimum Gasteiger partial charge on any atom is -0.494 e. The lowest BCUT2D eigenvalue weighted by molar-refractivity contribution is -0.127. The summed E-state index contributed by atoms with van der Waals surface area (Å²) in [5, 5.41) is 5.05. The van der Waals surface area contributed by atoms with Crippen molar-refractivity contribution in [3.05, 3.63) is 82.3 Å². The van der Waals surface area contributed by atoms with Crippen LogP contribution in [0.5, 0.6) is 5.75 Å². The quantitative estimate of drug-likeness (QED) is 0.430. The van der Waals surface area contributed by atoms with E-state index in [4.69, 9.17) is 4.74 Å². The Morgan fingerprint density at radius 1 is 1.12 bits per heavy atom. The summed E-state index contributed by atoms with van der Waals surface area (Å²) in [5.41, 5.74) is 0.991. The third-order valence-corrected chi connectivity index (χ3v) is 6.85. The van der Waals surface area contributed by atoms with Crippen LogP contribution in [0.1, 0.15) is 49.1 Å². The number of halogens is 1. The van der Waals surface area contributed by atoms with Gasteiger partial charge in [-0.2, -0.15) is 0 Å². The first-order valence-electron chi connectivity index (χ1n) is 11.7. The number of hydrogen-bond acceptors (Lipinski definition) is 4. The van der Waals surface area contributed by atoms with Crippen molar-refractivity contribution in [2.45, 2.75) is 51.1 Å². The predicted octanol–water partition coefficient (Wildman–Crippen LogP) is 5.66. The molecule has 1 fully saturated rings. The van der Waals surface area contributed by atoms with Crippen LogP contribution in [0.4, 0.5) is 10.1 Å². The molecule has 0 bridgehead atoms. The molecule has 1 aliphatic carbocycles. The molecule has 34 heavy (non-hydrogen) atoms. The maximum atomic E-state index is 14.2. The SMILES string of the molecule is CCOc1ccc(C(C(=O)NC2CCCC2)N(C(=O)Cc2cccs2)c2cccc(F)c2)cc1. The van der Waals surface area contributed by atoms with Crippen LogP contribution in [0.3, 0.4) is 0 Å². The van der Waals surface area contributed by atoms with Gasteiger partial charge >= 0.3 is 0 Å². The molecule has 5 nitrogen and oxygen atoms in total. The fraction of sp³-hybridized carbons (Fsp3) is 0.333. The van der Waals surface area contributed by atoms with Crippen LogP contribution >= 0.6 is 11.3 Å². The van der Waals surface area contributed by atoms with Crippen LogP contribution in [-0.2, 0) is 16.0 Å². The Kier molecular flexibility index (Phi) is 7.95. The molecule has 1 atom stereocenters. The Balaban J connectivity index is 1.75. The van der Waals surface area contributed by atoms with Gasteiger partial charge < -0.3 is 10.1 Å². The molecule has 3 aromatic rings. The summed E-state index contributed by atoms with van der Waals surface area (Å²) in [4.78, 5) is 29.7. The number of amides is 2. The molecule has 1 heterocycles. The van der Waals surface area contributed by atoms with Gasteiger partial charge in [0.15, 0.2) is 0 Å². The number of ether oxygens (including phenoxy) is 1. The normalized spacial score (nSPS) is 14.5. The first-order chi connectivity index (χ1) is 16.5. The van der Waals surface area contributed by atoms with E-state index in [1.807, 2.05) is 24.4 Å². The number of hydrogen-bond donors (Lipinski definition) is 1. The summed E-state index contributed by atoms with van der Waals surface area (Å²) >= 11 is 1.48. The van der Waals surface area contributed by atoms with Crippen LogP contribution in [0, 0.1) is 5.82 Å². The lowest BCUT2D eigenvalue weighted by Crippen LogP contribution is -2.46. The first kappa shape index (κ1) is 24.0. The van der Waals surface area contributed by atoms with Crippen molar-refractivity contribution in [1.82, 2.24) is 5.32 Å². The number of benzene rings is 2. The van der Waals surface area contributed by atoms with E-state index in [2.05, 4.69) is 5.32 Å². The smallest absolute Gasteiger partial charge is 0.248 e. The van der Waals surface area contributed by atoms with Gasteiger partial charge in [0.05, 0.1) is 13.0 Å². The summed E-state index contributed by atoms with van der Waals surface area (Å²) in [6, 6.07) is 16.0. The van der Waals surface area contributed by atoms with Gasteiger partial charge in [0.25, 0.3) is 0 Å². The number of carbonyl (C=O) groups is 2. The van der Waals surface area contributed by atoms with Crippen LogP contribution in [0.15, 0.2) is 66.0 Å². The lowest BCUT2D eigenvalue weighted by Gasteiger charge is -2.32. The van der Waals surface area contributed by atoms with Crippen LogP contribution < -0.4 is 15.0 Å². The highest BCUT2D eigenvalue weighted by atomic mass is 32.1. The molecular weight excluding hydrogens is 451 g/mol. The maximum absolute atomic E-state index is 14.2. The number of nitrogens with one attached hydrogen (secondary N) is 1. The van der Waals surface area contributed by atoms with Crippen molar-refractivity contribution in [3.63, 3.8) is 0 Å². The fourth-order valence-electron chi connectivity index (χ4n) is 4.39. The molecule has 0 spiro atoms. The molecule has 0 radical (unpaired) electrons. The molecule has 1 aromatic heterocycles. The summed E-state index contributed by atoms with van der Waals surface area (Å²) < 4.78 is 19.8. The fourth-order valence-corrected chi connectivity index (χ4v) is 5.09. The minimum absolute atomic E-state index is 0.0828. The number of anilines is 1. The van der Waals surface area contributed by atoms with Crippen LogP contribution in [0.25, 0.3) is 0 Å². The summed E-state index contributed by atoms with van der Waals surface area (Å²) in [6.45, 7) is 2.43. The van der Waals surface area contributed by atoms with Gasteiger partial charge in [-0.15, -0.1) is 11.3 Å². The predicted molar refractivity (Wildman–Crippen MR) is 133 cm³/mol. The van der Waals surface area contributed by atoms with E-state index in [1.54, 1.807) is 36.4 Å². The molecule has 1 aliphatic rings. The van der Waals surface area contributed by atoms with Gasteiger partial charge in [0, 0.05) is 16.6 Å². The highest BCUT2D eigenvalue weighted by Crippen LogP contribution is 2.31. The molecule has 1 unspecified atom stereocenters. The molecule has 7 heteroatoms. The highest BCUT2D eigenvalue weighted by Gasteiger charge is 2.34. The van der Waals surface area contributed by atoms with Gasteiger partial charge in [-0.05, 0) is 67.1 Å². The Morgan fingerprint density at radius 3 is 2.53 bits per heavy atom. The summed E-state index contributed by atoms with van der Waals surface area (Å²) in [6.07, 6.45) is 4.11. The zero-order chi connectivity index (χ0) is 23.9. The Hall–Kier alpha value is -3.19. The van der Waals surface area contributed by atoms with E-state index >= 15 is 0 Å². The van der Waals surface area contributed by atoms with E-state index in [-0.39, 0.29) is 24.3 Å². The molecule has 2 aromatic carbocycles. The van der Waals surface area contributed by atoms with E-state index in [1.165, 1.54) is 28.4 Å². The average Bonchev–Trinajstić information content (AvgIpc) is 3.52. The average molecular weight is 481 g/mol. The Bertz CT molecular complexity index is 1100. The maximum Gasteiger partial charge on any atom is 0.248 e. The molecule has 4 rings (SSSR count). The van der Waals surface area contributed by atoms with E-state index in [9.17, 15) is 14.0 Å². The van der Waals surface area contributed by atoms with Crippen LogP contribution in [-0.4, -0.2) is 24.5 Å². The number of carbonyl (C=O) groups excluding carboxylic acids is 2. The lowest BCUT2D eigenvalue weighted by atomic mass is 10.0. The van der Waals surface area contributed by atoms with Gasteiger partial charge in [-0.1, -0.05) is 37.1 Å². The summed E-state index contributed by atoms with van der Waals surface area (Å²) in [5.74, 6) is -0.315. The monoisotopic (exact) mass is 480 g/mol. The second kappa shape index (κ2) is 11.3. The third-order valence-electron chi connectivity index (χ3n) is 5.98. The van der Waals surface area contributed by atoms with Crippen molar-refractivity contribution in [3.8, 4) is 5.75 Å². The number of rotatable bonds is 9. The van der Waals surface area contributed by atoms with Gasteiger partial charge in [-0.25, -0.2) is 4.39 Å². The van der Waals surface area contributed by atoms with Gasteiger partial charge in [0.2, 0.25) is 11.8 Å². The zero-order valence-corrected chi connectivity index (χ0v) is 20.0. The Morgan fingerprint density at radius 2 is 1.88 bits per heavy atom. The van der Waals surface area contributed by atoms with Crippen molar-refractivity contribution >= 4 is 28.8 Å². The topological polar surface area (TPSA) is 58.6 Å². The van der Waals surface area contributed by atoms with E-state index in [0.717, 1.165) is 30.6 Å². The van der Waals surface area contributed by atoms with Gasteiger partial charge in [0.1, 0.15) is 17.6 Å². The number of thiophene rings is 1. The van der Waals surface area contributed by atoms with E-state index < -0.39 is 11.9 Å². The first-order valence-corrected chi connectivity index (χ1v) is 12.6. The van der Waals surface area contributed by atoms with Crippen molar-refractivity contribution in [2.75, 3.05) is 11.5 Å². The van der Waals surface area contributed by atoms with Crippen molar-refractivity contribution in [2.24, 2.45) is 0 Å². The summed E-state index contributed by atoms with van der Waals surface area (Å²) in [7, 11) is 0. The molecule has 0 aliphatic heterocycles. The van der Waals surface area contributed by atoms with Crippen LogP contribution in [0.2, 0.25) is 0 Å². The molecular formula is C27H29FN2O3S.